The summed E-state index contributed by atoms with van der Waals surface area (Å²) >= 11 is 0. The third kappa shape index (κ3) is 1.32. The zero-order valence-corrected chi connectivity index (χ0v) is 5.91. The molecule has 2 atom stereocenters. The number of nitrogens with two attached hydrogens (primary N) is 2. The summed E-state index contributed by atoms with van der Waals surface area (Å²) in [6, 6.07) is 0. The first-order valence-corrected chi connectivity index (χ1v) is 3.27. The van der Waals surface area contributed by atoms with Gasteiger partial charge in [0, 0.05) is 6.42 Å². The van der Waals surface area contributed by atoms with Crippen LogP contribution in [0, 0.1) is 5.92 Å². The van der Waals surface area contributed by atoms with E-state index in [0.29, 0.717) is 6.42 Å². The van der Waals surface area contributed by atoms with E-state index in [2.05, 4.69) is 0 Å². The molecule has 0 aromatic heterocycles. The van der Waals surface area contributed by atoms with Gasteiger partial charge in [0.25, 0.3) is 0 Å². The number of carbonyl (C=O) groups is 2. The van der Waals surface area contributed by atoms with Crippen molar-refractivity contribution >= 4 is 11.9 Å². The van der Waals surface area contributed by atoms with E-state index in [0.717, 1.165) is 0 Å². The first kappa shape index (κ1) is 8.00. The van der Waals surface area contributed by atoms with E-state index in [1.165, 1.54) is 0 Å². The van der Waals surface area contributed by atoms with Crippen molar-refractivity contribution in [2.24, 2.45) is 17.4 Å². The van der Waals surface area contributed by atoms with Crippen LogP contribution in [0.4, 0.5) is 0 Å². The van der Waals surface area contributed by atoms with Gasteiger partial charge in [0.15, 0.2) is 0 Å². The predicted octanol–water partition coefficient (Wildman–Crippen LogP) is -1.34. The number of amides is 1. The third-order valence-corrected chi connectivity index (χ3v) is 2.00. The number of rotatable bonds is 3. The molecule has 1 amide bonds. The molecule has 1 saturated carbocycles. The summed E-state index contributed by atoms with van der Waals surface area (Å²) in [4.78, 5) is 20.7. The molecule has 5 heteroatoms. The zero-order chi connectivity index (χ0) is 8.65. The number of hydrogen-bond donors (Lipinski definition) is 3. The fourth-order valence-electron chi connectivity index (χ4n) is 1.11. The Labute approximate surface area is 63.4 Å². The summed E-state index contributed by atoms with van der Waals surface area (Å²) in [5.74, 6) is -1.81. The first-order valence-electron chi connectivity index (χ1n) is 3.27. The Morgan fingerprint density at radius 1 is 1.64 bits per heavy atom. The largest absolute Gasteiger partial charge is 0.480 e. The van der Waals surface area contributed by atoms with E-state index in [1.54, 1.807) is 0 Å². The van der Waals surface area contributed by atoms with Crippen LogP contribution in [0.2, 0.25) is 0 Å². The van der Waals surface area contributed by atoms with Gasteiger partial charge in [0.2, 0.25) is 5.91 Å². The molecule has 5 nitrogen and oxygen atoms in total. The van der Waals surface area contributed by atoms with Crippen LogP contribution in [0.1, 0.15) is 12.8 Å². The van der Waals surface area contributed by atoms with E-state index in [-0.39, 0.29) is 12.3 Å². The van der Waals surface area contributed by atoms with Gasteiger partial charge in [0.1, 0.15) is 5.54 Å². The molecule has 0 aromatic carbocycles. The minimum atomic E-state index is -1.19. The molecule has 1 fully saturated rings. The van der Waals surface area contributed by atoms with Crippen molar-refractivity contribution in [3.8, 4) is 0 Å². The Balaban J connectivity index is 2.47. The monoisotopic (exact) mass is 158 g/mol. The van der Waals surface area contributed by atoms with Crippen molar-refractivity contribution in [2.75, 3.05) is 0 Å². The molecule has 0 aliphatic heterocycles. The van der Waals surface area contributed by atoms with E-state index in [4.69, 9.17) is 16.6 Å². The van der Waals surface area contributed by atoms with Crippen molar-refractivity contribution in [2.45, 2.75) is 18.4 Å². The van der Waals surface area contributed by atoms with Gasteiger partial charge in [-0.1, -0.05) is 0 Å². The Bertz CT molecular complexity index is 216. The molecule has 11 heavy (non-hydrogen) atoms. The summed E-state index contributed by atoms with van der Waals surface area (Å²) in [5.41, 5.74) is 9.06. The average Bonchev–Trinajstić information content (AvgIpc) is 2.42. The van der Waals surface area contributed by atoms with Crippen molar-refractivity contribution in [1.82, 2.24) is 0 Å². The van der Waals surface area contributed by atoms with Crippen molar-refractivity contribution in [3.63, 3.8) is 0 Å². The van der Waals surface area contributed by atoms with Gasteiger partial charge in [0.05, 0.1) is 0 Å². The van der Waals surface area contributed by atoms with Gasteiger partial charge in [-0.05, 0) is 12.3 Å². The molecule has 1 aliphatic rings. The van der Waals surface area contributed by atoms with Gasteiger partial charge >= 0.3 is 5.97 Å². The number of carboxylic acid groups (broad SMARTS) is 1. The lowest BCUT2D eigenvalue weighted by atomic mass is 10.2. The number of carbonyl (C=O) groups excluding carboxylic acids is 1. The number of aliphatic carboxylic acids is 1. The molecule has 0 aromatic rings. The predicted molar refractivity (Wildman–Crippen MR) is 36.5 cm³/mol. The van der Waals surface area contributed by atoms with Crippen LogP contribution in [0.3, 0.4) is 0 Å². The maximum Gasteiger partial charge on any atom is 0.323 e. The molecule has 0 saturated heterocycles. The molecule has 5 N–H and O–H groups in total. The Morgan fingerprint density at radius 3 is 2.45 bits per heavy atom. The smallest absolute Gasteiger partial charge is 0.323 e. The number of carboxylic acids is 1. The molecule has 1 aliphatic carbocycles. The lowest BCUT2D eigenvalue weighted by Crippen LogP contribution is -2.35. The molecule has 2 unspecified atom stereocenters. The van der Waals surface area contributed by atoms with E-state index < -0.39 is 17.4 Å². The Morgan fingerprint density at radius 2 is 2.18 bits per heavy atom. The highest BCUT2D eigenvalue weighted by molar-refractivity contribution is 5.85. The zero-order valence-electron chi connectivity index (χ0n) is 5.91. The molecular formula is C6H10N2O3. The summed E-state index contributed by atoms with van der Waals surface area (Å²) in [6.45, 7) is 0. The second-order valence-corrected chi connectivity index (χ2v) is 2.92. The third-order valence-electron chi connectivity index (χ3n) is 2.00. The van der Waals surface area contributed by atoms with E-state index in [9.17, 15) is 9.59 Å². The molecule has 0 radical (unpaired) electrons. The molecule has 1 rings (SSSR count). The second-order valence-electron chi connectivity index (χ2n) is 2.92. The van der Waals surface area contributed by atoms with Crippen LogP contribution < -0.4 is 11.5 Å². The van der Waals surface area contributed by atoms with Crippen LogP contribution >= 0.6 is 0 Å². The second kappa shape index (κ2) is 2.20. The van der Waals surface area contributed by atoms with Gasteiger partial charge in [-0.3, -0.25) is 9.59 Å². The van der Waals surface area contributed by atoms with Crippen molar-refractivity contribution < 1.29 is 14.7 Å². The number of primary amides is 1. The SMILES string of the molecule is NC(=O)CC1CC1(N)C(=O)O. The molecule has 0 spiro atoms. The van der Waals surface area contributed by atoms with Crippen molar-refractivity contribution in [3.05, 3.63) is 0 Å². The summed E-state index contributed by atoms with van der Waals surface area (Å²) in [7, 11) is 0. The van der Waals surface area contributed by atoms with Crippen LogP contribution in [-0.4, -0.2) is 22.5 Å². The first-order chi connectivity index (χ1) is 4.97. The fourth-order valence-corrected chi connectivity index (χ4v) is 1.11. The average molecular weight is 158 g/mol. The van der Waals surface area contributed by atoms with Crippen LogP contribution in [0.5, 0.6) is 0 Å². The normalized spacial score (nSPS) is 34.8. The minimum absolute atomic E-state index is 0.0722. The highest BCUT2D eigenvalue weighted by Gasteiger charge is 2.57. The summed E-state index contributed by atoms with van der Waals surface area (Å²) in [6.07, 6.45) is 0.425. The fraction of sp³-hybridized carbons (Fsp3) is 0.667. The van der Waals surface area contributed by atoms with Gasteiger partial charge in [-0.15, -0.1) is 0 Å². The Hall–Kier alpha value is -1.10. The van der Waals surface area contributed by atoms with Crippen molar-refractivity contribution in [1.29, 1.82) is 0 Å². The van der Waals surface area contributed by atoms with Crippen LogP contribution in [0.15, 0.2) is 0 Å². The van der Waals surface area contributed by atoms with E-state index in [1.807, 2.05) is 0 Å². The highest BCUT2D eigenvalue weighted by Crippen LogP contribution is 2.43. The molecular weight excluding hydrogens is 148 g/mol. The molecule has 0 bridgehead atoms. The minimum Gasteiger partial charge on any atom is -0.480 e. The standard InChI is InChI=1S/C6H10N2O3/c7-4(9)1-3-2-6(3,8)5(10)11/h3H,1-2,8H2,(H2,7,9)(H,10,11). The molecule has 0 heterocycles. The highest BCUT2D eigenvalue weighted by atomic mass is 16.4. The lowest BCUT2D eigenvalue weighted by Gasteiger charge is -2.02. The van der Waals surface area contributed by atoms with Gasteiger partial charge in [-0.25, -0.2) is 0 Å². The van der Waals surface area contributed by atoms with Crippen LogP contribution in [-0.2, 0) is 9.59 Å². The molecule has 62 valence electrons. The maximum atomic E-state index is 10.4. The quantitative estimate of drug-likeness (QED) is 0.472. The number of hydrogen-bond acceptors (Lipinski definition) is 3. The topological polar surface area (TPSA) is 106 Å². The maximum absolute atomic E-state index is 10.4. The lowest BCUT2D eigenvalue weighted by molar-refractivity contribution is -0.140. The van der Waals surface area contributed by atoms with Gasteiger partial charge < -0.3 is 16.6 Å². The van der Waals surface area contributed by atoms with Crippen LogP contribution in [0.25, 0.3) is 0 Å². The summed E-state index contributed by atoms with van der Waals surface area (Å²) in [5, 5.41) is 8.52. The van der Waals surface area contributed by atoms with Gasteiger partial charge in [-0.2, -0.15) is 0 Å². The Kier molecular flexibility index (Phi) is 1.60. The summed E-state index contributed by atoms with van der Waals surface area (Å²) < 4.78 is 0. The van der Waals surface area contributed by atoms with E-state index >= 15 is 0 Å².